The number of nitrogen functional groups attached to an aromatic ring is 1. The number of fused-ring (bicyclic) bond motifs is 5. The molecule has 5 heterocycles. The van der Waals surface area contributed by atoms with Crippen molar-refractivity contribution in [1.29, 1.82) is 0 Å². The van der Waals surface area contributed by atoms with Gasteiger partial charge in [0, 0.05) is 37.3 Å². The monoisotopic (exact) mass is 619 g/mol. The maximum atomic E-state index is 12.1. The Kier molecular flexibility index (Phi) is 9.66. The van der Waals surface area contributed by atoms with E-state index in [1.165, 1.54) is 0 Å². The van der Waals surface area contributed by atoms with Crippen molar-refractivity contribution in [3.63, 3.8) is 0 Å². The second kappa shape index (κ2) is 13.5. The van der Waals surface area contributed by atoms with E-state index in [1.54, 1.807) is 6.33 Å². The van der Waals surface area contributed by atoms with Crippen LogP contribution in [0.15, 0.2) is 54.9 Å². The van der Waals surface area contributed by atoms with E-state index >= 15 is 0 Å². The third-order valence-electron chi connectivity index (χ3n) is 8.97. The van der Waals surface area contributed by atoms with Gasteiger partial charge in [0.25, 0.3) is 12.4 Å². The molecule has 2 aromatic carbocycles. The van der Waals surface area contributed by atoms with Crippen LogP contribution in [0.1, 0.15) is 52.0 Å². The van der Waals surface area contributed by atoms with Gasteiger partial charge in [0.2, 0.25) is 17.7 Å². The Bertz CT molecular complexity index is 1540. The number of anilines is 1. The molecule has 4 saturated heterocycles. The van der Waals surface area contributed by atoms with Gasteiger partial charge in [-0.15, -0.1) is 0 Å². The average Bonchev–Trinajstić information content (AvgIpc) is 3.40. The minimum Gasteiger partial charge on any atom is -0.399 e. The number of nitrogens with one attached hydrogen (secondary N) is 2. The second-order valence-corrected chi connectivity index (χ2v) is 11.8. The molecule has 12 heteroatoms. The number of imide groups is 2. The van der Waals surface area contributed by atoms with E-state index < -0.39 is 17.4 Å². The zero-order valence-corrected chi connectivity index (χ0v) is 25.9. The highest BCUT2D eigenvalue weighted by Gasteiger charge is 2.59. The molecule has 0 radical (unpaired) electrons. The Morgan fingerprint density at radius 3 is 1.96 bits per heavy atom. The van der Waals surface area contributed by atoms with Crippen molar-refractivity contribution < 1.29 is 33.4 Å². The van der Waals surface area contributed by atoms with Crippen molar-refractivity contribution >= 4 is 40.3 Å². The summed E-state index contributed by atoms with van der Waals surface area (Å²) in [4.78, 5) is 51.2. The Hall–Kier alpha value is -4.13. The molecule has 0 unspecified atom stereocenters. The van der Waals surface area contributed by atoms with Crippen LogP contribution < -0.4 is 16.4 Å². The predicted octanol–water partition coefficient (Wildman–Crippen LogP) is 3.04. The summed E-state index contributed by atoms with van der Waals surface area (Å²) in [5, 5.41) is 4.89. The quantitative estimate of drug-likeness (QED) is 0.186. The van der Waals surface area contributed by atoms with Gasteiger partial charge in [-0.25, -0.2) is 4.98 Å². The third kappa shape index (κ3) is 6.35. The molecule has 240 valence electrons. The first-order valence-electron chi connectivity index (χ1n) is 15.5. The largest absolute Gasteiger partial charge is 0.399 e. The maximum absolute atomic E-state index is 12.1. The Morgan fingerprint density at radius 2 is 1.38 bits per heavy atom. The van der Waals surface area contributed by atoms with Gasteiger partial charge in [0.15, 0.2) is 0 Å². The summed E-state index contributed by atoms with van der Waals surface area (Å²) in [6, 6.07) is 15.3. The van der Waals surface area contributed by atoms with Crippen molar-refractivity contribution in [2.75, 3.05) is 25.6 Å². The fraction of sp³-hybridized carbons (Fsp3) is 0.485. The lowest BCUT2D eigenvalue weighted by molar-refractivity contribution is -0.282. The van der Waals surface area contributed by atoms with Crippen LogP contribution in [-0.4, -0.2) is 59.5 Å². The zero-order chi connectivity index (χ0) is 32.2. The van der Waals surface area contributed by atoms with Crippen molar-refractivity contribution in [2.24, 2.45) is 17.3 Å². The van der Waals surface area contributed by atoms with Crippen molar-refractivity contribution in [2.45, 2.75) is 64.9 Å². The molecule has 6 aliphatic rings. The maximum Gasteiger partial charge on any atom is 0.271 e. The van der Waals surface area contributed by atoms with Crippen LogP contribution in [0.25, 0.3) is 11.0 Å². The number of nitrogens with zero attached hydrogens (tertiary/aromatic N) is 2. The number of carbonyl (C=O) groups is 4. The first-order valence-corrected chi connectivity index (χ1v) is 15.5. The number of imidazole rings is 1. The third-order valence-corrected chi connectivity index (χ3v) is 8.97. The van der Waals surface area contributed by atoms with Crippen molar-refractivity contribution in [3.8, 4) is 0 Å². The minimum absolute atomic E-state index is 0.0242. The van der Waals surface area contributed by atoms with Gasteiger partial charge < -0.3 is 24.5 Å². The molecule has 0 spiro atoms. The average molecular weight is 620 g/mol. The van der Waals surface area contributed by atoms with Crippen molar-refractivity contribution in [1.82, 2.24) is 20.2 Å². The van der Waals surface area contributed by atoms with E-state index in [2.05, 4.69) is 15.6 Å². The smallest absolute Gasteiger partial charge is 0.271 e. The SMILES string of the molecule is CCOC(OCC)OCC.Nc1ccccc1CC12CC(C1)C(=O)NC2=O.O=C1NC(=O)C2(n3cnc4ccccc43)CC1C2. The van der Waals surface area contributed by atoms with Crippen LogP contribution in [0.2, 0.25) is 0 Å². The molecular weight excluding hydrogens is 578 g/mol. The van der Waals surface area contributed by atoms with E-state index in [-0.39, 0.29) is 35.5 Å². The highest BCUT2D eigenvalue weighted by molar-refractivity contribution is 6.06. The second-order valence-electron chi connectivity index (χ2n) is 11.8. The molecule has 2 saturated carbocycles. The Morgan fingerprint density at radius 1 is 0.822 bits per heavy atom. The molecule has 4 bridgehead atoms. The van der Waals surface area contributed by atoms with Crippen LogP contribution >= 0.6 is 0 Å². The van der Waals surface area contributed by atoms with E-state index in [9.17, 15) is 19.2 Å². The number of aromatic nitrogens is 2. The van der Waals surface area contributed by atoms with Gasteiger partial charge in [-0.05, 0) is 76.6 Å². The van der Waals surface area contributed by atoms with E-state index in [0.29, 0.717) is 51.9 Å². The normalized spacial score (nSPS) is 26.0. The van der Waals surface area contributed by atoms with E-state index in [0.717, 1.165) is 22.3 Å². The molecule has 9 rings (SSSR count). The first kappa shape index (κ1) is 32.3. The van der Waals surface area contributed by atoms with Gasteiger partial charge in [-0.1, -0.05) is 30.3 Å². The molecule has 2 aliphatic carbocycles. The lowest BCUT2D eigenvalue weighted by atomic mass is 9.56. The Balaban J connectivity index is 0.000000140. The summed E-state index contributed by atoms with van der Waals surface area (Å²) in [7, 11) is 0. The number of hydrogen-bond donors (Lipinski definition) is 3. The number of para-hydroxylation sites is 3. The standard InChI is InChI=1S/C13H11N3O2.C13H14N2O2.C7H16O3/c17-11-8-5-13(6-8,12(18)15-11)16-7-14-9-3-1-2-4-10(9)16;14-10-4-2-1-3-8(10)5-13-6-9(7-13)11(16)15-12(13)17;1-4-8-7(9-5-2)10-6-3/h1-4,7-8H,5-6H2,(H,15,17,18);1-4,9H,5-7,14H2,(H,15,16,17);7H,4-6H2,1-3H3. The number of rotatable bonds is 9. The first-order chi connectivity index (χ1) is 21.7. The lowest BCUT2D eigenvalue weighted by Gasteiger charge is -2.50. The summed E-state index contributed by atoms with van der Waals surface area (Å²) in [6.45, 7) is 7.10. The summed E-state index contributed by atoms with van der Waals surface area (Å²) in [6.07, 6.45) is 4.87. The van der Waals surface area contributed by atoms with Crippen LogP contribution in [0.4, 0.5) is 5.69 Å². The molecule has 6 fully saturated rings. The van der Waals surface area contributed by atoms with Crippen LogP contribution in [-0.2, 0) is 45.3 Å². The molecule has 45 heavy (non-hydrogen) atoms. The molecule has 3 aromatic rings. The highest BCUT2D eigenvalue weighted by Crippen LogP contribution is 2.51. The summed E-state index contributed by atoms with van der Waals surface area (Å²) < 4.78 is 17.2. The molecule has 4 N–H and O–H groups in total. The van der Waals surface area contributed by atoms with Crippen LogP contribution in [0.3, 0.4) is 0 Å². The van der Waals surface area contributed by atoms with Gasteiger partial charge in [-0.3, -0.25) is 29.8 Å². The molecule has 12 nitrogen and oxygen atoms in total. The molecule has 0 atom stereocenters. The topological polar surface area (TPSA) is 164 Å². The molecule has 1 aromatic heterocycles. The number of amides is 4. The van der Waals surface area contributed by atoms with E-state index in [4.69, 9.17) is 19.9 Å². The van der Waals surface area contributed by atoms with Gasteiger partial charge in [0.05, 0.1) is 22.8 Å². The van der Waals surface area contributed by atoms with E-state index in [1.807, 2.05) is 73.9 Å². The van der Waals surface area contributed by atoms with Gasteiger partial charge >= 0.3 is 0 Å². The zero-order valence-electron chi connectivity index (χ0n) is 25.9. The van der Waals surface area contributed by atoms with Gasteiger partial charge in [-0.2, -0.15) is 0 Å². The van der Waals surface area contributed by atoms with Gasteiger partial charge in [0.1, 0.15) is 5.54 Å². The lowest BCUT2D eigenvalue weighted by Crippen LogP contribution is -2.66. The summed E-state index contributed by atoms with van der Waals surface area (Å²) in [5.41, 5.74) is 8.42. The number of hydrogen-bond acceptors (Lipinski definition) is 9. The fourth-order valence-electron chi connectivity index (χ4n) is 6.50. The van der Waals surface area contributed by atoms with Crippen LogP contribution in [0.5, 0.6) is 0 Å². The summed E-state index contributed by atoms with van der Waals surface area (Å²) >= 11 is 0. The molecule has 4 aliphatic heterocycles. The van der Waals surface area contributed by atoms with Crippen molar-refractivity contribution in [3.05, 3.63) is 60.4 Å². The van der Waals surface area contributed by atoms with Crippen LogP contribution in [0, 0.1) is 17.3 Å². The number of piperidine rings is 4. The number of carbonyl (C=O) groups excluding carboxylic acids is 4. The number of benzene rings is 2. The fourth-order valence-corrected chi connectivity index (χ4v) is 6.50. The minimum atomic E-state index is -0.602. The summed E-state index contributed by atoms with van der Waals surface area (Å²) in [5.74, 6) is -0.572. The number of nitrogens with two attached hydrogens (primary N) is 1. The number of ether oxygens (including phenoxy) is 3. The predicted molar refractivity (Wildman–Crippen MR) is 165 cm³/mol. The highest BCUT2D eigenvalue weighted by atomic mass is 16.8. The molecular formula is C33H41N5O7. The Labute approximate surface area is 262 Å². The molecule has 4 amide bonds.